The highest BCUT2D eigenvalue weighted by Crippen LogP contribution is 2.30. The van der Waals surface area contributed by atoms with E-state index in [-0.39, 0.29) is 52.6 Å². The van der Waals surface area contributed by atoms with E-state index in [0.717, 1.165) is 123 Å². The van der Waals surface area contributed by atoms with E-state index in [1.807, 2.05) is 28.0 Å². The predicted molar refractivity (Wildman–Crippen MR) is 251 cm³/mol. The number of nitrogens with one attached hydrogen (secondary N) is 2. The summed E-state index contributed by atoms with van der Waals surface area (Å²) in [6.07, 6.45) is 13.5. The van der Waals surface area contributed by atoms with Gasteiger partial charge in [0.25, 0.3) is 23.6 Å². The minimum absolute atomic E-state index is 0.0223. The molecule has 3 atom stereocenters. The number of aromatic nitrogens is 2. The first-order valence-corrected chi connectivity index (χ1v) is 24.6. The molecule has 3 unspecified atom stereocenters. The summed E-state index contributed by atoms with van der Waals surface area (Å²) in [6, 6.07) is 15.5. The molecule has 3 saturated heterocycles. The lowest BCUT2D eigenvalue weighted by Gasteiger charge is -2.30. The number of rotatable bonds is 20. The van der Waals surface area contributed by atoms with E-state index in [1.54, 1.807) is 18.2 Å². The van der Waals surface area contributed by atoms with Crippen LogP contribution in [0.2, 0.25) is 0 Å². The van der Waals surface area contributed by atoms with Gasteiger partial charge >= 0.3 is 5.97 Å². The number of carboxylic acid groups (broad SMARTS) is 1. The van der Waals surface area contributed by atoms with Crippen LogP contribution in [0.5, 0.6) is 0 Å². The van der Waals surface area contributed by atoms with Gasteiger partial charge in [-0.05, 0) is 150 Å². The highest BCUT2D eigenvalue weighted by molar-refractivity contribution is 6.01. The molecule has 3 N–H and O–H groups in total. The van der Waals surface area contributed by atoms with E-state index in [4.69, 9.17) is 4.98 Å². The molecule has 1 aromatic carbocycles. The summed E-state index contributed by atoms with van der Waals surface area (Å²) in [5.74, 6) is -3.04. The SMILES string of the molecule is CCCN(CC)CC1CCCN1C(=O)c1cc(-c2cc(C(=O)NCCCCc3ccccc3)nc(C(=O)N3CCCC3CN3CCCC3)c2)cc(C(=O)NC(C(=O)O)C2CCCCC2)n1. The molecule has 4 fully saturated rings. The number of hydrogen-bond donors (Lipinski definition) is 3. The lowest BCUT2D eigenvalue weighted by Crippen LogP contribution is -2.47. The number of nitrogens with zero attached hydrogens (tertiary/aromatic N) is 6. The Hall–Kier alpha value is -5.21. The molecule has 0 radical (unpaired) electrons. The Balaban J connectivity index is 1.23. The van der Waals surface area contributed by atoms with Crippen LogP contribution in [0.4, 0.5) is 0 Å². The topological polar surface area (TPSA) is 168 Å². The number of unbranched alkanes of at least 4 members (excludes halogenated alkanes) is 1. The molecule has 4 amide bonds. The van der Waals surface area contributed by atoms with E-state index in [0.29, 0.717) is 43.6 Å². The molecule has 14 nitrogen and oxygen atoms in total. The summed E-state index contributed by atoms with van der Waals surface area (Å²) in [6.45, 7) is 11.1. The Kier molecular flexibility index (Phi) is 17.1. The van der Waals surface area contributed by atoms with Crippen LogP contribution in [-0.4, -0.2) is 141 Å². The second kappa shape index (κ2) is 23.3. The second-order valence-electron chi connectivity index (χ2n) is 18.6. The van der Waals surface area contributed by atoms with Crippen molar-refractivity contribution in [1.82, 2.24) is 40.2 Å². The number of likely N-dealkylation sites (N-methyl/N-ethyl adjacent to an activating group) is 1. The van der Waals surface area contributed by atoms with E-state index in [2.05, 4.69) is 51.4 Å². The average Bonchev–Trinajstić information content (AvgIpc) is 4.14. The highest BCUT2D eigenvalue weighted by atomic mass is 16.4. The molecular weight excluding hydrogens is 821 g/mol. The smallest absolute Gasteiger partial charge is 0.326 e. The van der Waals surface area contributed by atoms with Crippen LogP contribution in [0.1, 0.15) is 151 Å². The summed E-state index contributed by atoms with van der Waals surface area (Å²) in [7, 11) is 0. The van der Waals surface area contributed by atoms with Gasteiger partial charge in [0.1, 0.15) is 28.8 Å². The maximum Gasteiger partial charge on any atom is 0.326 e. The largest absolute Gasteiger partial charge is 0.480 e. The lowest BCUT2D eigenvalue weighted by molar-refractivity contribution is -0.141. The van der Waals surface area contributed by atoms with Crippen LogP contribution in [0, 0.1) is 5.92 Å². The minimum atomic E-state index is -1.11. The molecule has 1 aliphatic carbocycles. The van der Waals surface area contributed by atoms with Crippen LogP contribution >= 0.6 is 0 Å². The lowest BCUT2D eigenvalue weighted by atomic mass is 9.84. The molecule has 3 aliphatic heterocycles. The zero-order valence-corrected chi connectivity index (χ0v) is 38.6. The number of amides is 4. The summed E-state index contributed by atoms with van der Waals surface area (Å²) in [5, 5.41) is 16.1. The van der Waals surface area contributed by atoms with E-state index >= 15 is 0 Å². The molecule has 350 valence electrons. The van der Waals surface area contributed by atoms with Crippen molar-refractivity contribution < 1.29 is 29.1 Å². The molecule has 14 heteroatoms. The van der Waals surface area contributed by atoms with Crippen molar-refractivity contribution >= 4 is 29.6 Å². The quantitative estimate of drug-likeness (QED) is 0.104. The first-order chi connectivity index (χ1) is 31.6. The van der Waals surface area contributed by atoms with Gasteiger partial charge in [-0.3, -0.25) is 19.2 Å². The van der Waals surface area contributed by atoms with Gasteiger partial charge in [0, 0.05) is 44.8 Å². The number of aliphatic carboxylic acids is 1. The third-order valence-electron chi connectivity index (χ3n) is 14.0. The van der Waals surface area contributed by atoms with Crippen molar-refractivity contribution in [3.05, 3.63) is 82.9 Å². The Bertz CT molecular complexity index is 2100. The molecule has 65 heavy (non-hydrogen) atoms. The van der Waals surface area contributed by atoms with Gasteiger partial charge in [0.05, 0.1) is 0 Å². The van der Waals surface area contributed by atoms with Crippen molar-refractivity contribution in [2.45, 2.75) is 128 Å². The van der Waals surface area contributed by atoms with Gasteiger partial charge < -0.3 is 35.3 Å². The minimum Gasteiger partial charge on any atom is -0.480 e. The first-order valence-electron chi connectivity index (χ1n) is 24.6. The Morgan fingerprint density at radius 1 is 0.708 bits per heavy atom. The first kappa shape index (κ1) is 47.7. The Morgan fingerprint density at radius 2 is 1.31 bits per heavy atom. The highest BCUT2D eigenvalue weighted by Gasteiger charge is 2.36. The van der Waals surface area contributed by atoms with Crippen molar-refractivity contribution in [2.75, 3.05) is 58.9 Å². The molecule has 5 heterocycles. The van der Waals surface area contributed by atoms with Crippen molar-refractivity contribution in [3.8, 4) is 11.1 Å². The van der Waals surface area contributed by atoms with Crippen molar-refractivity contribution in [2.24, 2.45) is 5.92 Å². The number of carbonyl (C=O) groups excluding carboxylic acids is 4. The van der Waals surface area contributed by atoms with Gasteiger partial charge in [-0.1, -0.05) is 63.4 Å². The van der Waals surface area contributed by atoms with Crippen molar-refractivity contribution in [1.29, 1.82) is 0 Å². The van der Waals surface area contributed by atoms with E-state index in [1.165, 1.54) is 11.6 Å². The molecule has 0 spiro atoms. The zero-order chi connectivity index (χ0) is 45.7. The maximum absolute atomic E-state index is 14.7. The number of pyridine rings is 2. The molecular formula is C51H70N8O6. The van der Waals surface area contributed by atoms with Crippen molar-refractivity contribution in [3.63, 3.8) is 0 Å². The summed E-state index contributed by atoms with van der Waals surface area (Å²) >= 11 is 0. The molecule has 1 saturated carbocycles. The van der Waals surface area contributed by atoms with Crippen LogP contribution in [0.3, 0.4) is 0 Å². The third-order valence-corrected chi connectivity index (χ3v) is 14.0. The number of carboxylic acids is 1. The fraction of sp³-hybridized carbons (Fsp3) is 0.588. The zero-order valence-electron chi connectivity index (χ0n) is 38.6. The van der Waals surface area contributed by atoms with Gasteiger partial charge in [0.15, 0.2) is 0 Å². The molecule has 4 aliphatic rings. The number of likely N-dealkylation sites (tertiary alicyclic amines) is 3. The van der Waals surface area contributed by atoms with E-state index < -0.39 is 23.8 Å². The second-order valence-corrected chi connectivity index (χ2v) is 18.6. The third kappa shape index (κ3) is 12.6. The molecule has 3 aromatic rings. The van der Waals surface area contributed by atoms with Gasteiger partial charge in [-0.2, -0.15) is 0 Å². The van der Waals surface area contributed by atoms with Crippen LogP contribution in [0.15, 0.2) is 54.6 Å². The standard InChI is InChI=1S/C51H70N8O6/c1-3-25-56(4-2)34-40-22-15-28-58(40)50(63)45-33-39(31-43(54-45)48(61)55-46(51(64)65)37-20-9-6-10-21-37)38-30-42(47(60)52-24-12-11-19-36-17-7-5-8-18-36)53-44(32-38)49(62)59-29-16-23-41(59)35-57-26-13-14-27-57/h5,7-8,17-18,30-33,37,40-41,46H,3-4,6,9-16,19-29,34-35H2,1-2H3,(H,52,60)(H,55,61)(H,64,65). The van der Waals surface area contributed by atoms with E-state index in [9.17, 15) is 29.1 Å². The summed E-state index contributed by atoms with van der Waals surface area (Å²) in [5.41, 5.74) is 2.16. The number of hydrogen-bond acceptors (Lipinski definition) is 9. The van der Waals surface area contributed by atoms with Gasteiger partial charge in [0.2, 0.25) is 0 Å². The fourth-order valence-electron chi connectivity index (χ4n) is 10.4. The fourth-order valence-corrected chi connectivity index (χ4v) is 10.4. The predicted octanol–water partition coefficient (Wildman–Crippen LogP) is 6.70. The van der Waals surface area contributed by atoms with Crippen LogP contribution in [-0.2, 0) is 11.2 Å². The Morgan fingerprint density at radius 3 is 1.92 bits per heavy atom. The van der Waals surface area contributed by atoms with Gasteiger partial charge in [-0.15, -0.1) is 0 Å². The monoisotopic (exact) mass is 891 g/mol. The number of benzene rings is 1. The van der Waals surface area contributed by atoms with Crippen LogP contribution < -0.4 is 10.6 Å². The normalized spacial score (nSPS) is 19.7. The molecule has 2 aromatic heterocycles. The molecule has 0 bridgehead atoms. The summed E-state index contributed by atoms with van der Waals surface area (Å²) in [4.78, 5) is 88.0. The number of aryl methyl sites for hydroxylation is 1. The average molecular weight is 891 g/mol. The van der Waals surface area contributed by atoms with Gasteiger partial charge in [-0.25, -0.2) is 14.8 Å². The molecule has 7 rings (SSSR count). The maximum atomic E-state index is 14.7. The van der Waals surface area contributed by atoms with Crippen LogP contribution in [0.25, 0.3) is 11.1 Å². The summed E-state index contributed by atoms with van der Waals surface area (Å²) < 4.78 is 0. The number of carbonyl (C=O) groups is 5. The Labute approximate surface area is 384 Å².